The number of hydrogen-bond donors (Lipinski definition) is 3. The normalized spacial score (nSPS) is 21.1. The lowest BCUT2D eigenvalue weighted by molar-refractivity contribution is -0.122. The molecule has 2 aromatic carbocycles. The highest BCUT2D eigenvalue weighted by molar-refractivity contribution is 7.89. The van der Waals surface area contributed by atoms with Crippen LogP contribution in [0.25, 0.3) is 11.2 Å². The summed E-state index contributed by atoms with van der Waals surface area (Å²) in [4.78, 5) is 26.1. The summed E-state index contributed by atoms with van der Waals surface area (Å²) in [6, 6.07) is 9.10. The van der Waals surface area contributed by atoms with Gasteiger partial charge in [-0.15, -0.1) is 0 Å². The number of imidazole rings is 1. The fraction of sp³-hybridized carbons (Fsp3) is 0.400. The molecule has 1 saturated carbocycles. The molecule has 1 aliphatic carbocycles. The number of piperidine rings is 1. The van der Waals surface area contributed by atoms with E-state index in [0.29, 0.717) is 61.7 Å². The first-order chi connectivity index (χ1) is 21.5. The molecule has 1 aliphatic heterocycles. The van der Waals surface area contributed by atoms with Crippen LogP contribution in [0.5, 0.6) is 0 Å². The smallest absolute Gasteiger partial charge is 0.243 e. The van der Waals surface area contributed by atoms with Gasteiger partial charge in [-0.1, -0.05) is 40.9 Å². The van der Waals surface area contributed by atoms with E-state index >= 15 is 0 Å². The maximum atomic E-state index is 14.9. The molecule has 4 N–H and O–H groups in total. The van der Waals surface area contributed by atoms with Gasteiger partial charge in [0, 0.05) is 36.1 Å². The fourth-order valence-electron chi connectivity index (χ4n) is 6.11. The minimum Gasteiger partial charge on any atom is -0.369 e. The minimum absolute atomic E-state index is 0.0202. The fourth-order valence-corrected chi connectivity index (χ4v) is 8.15. The summed E-state index contributed by atoms with van der Waals surface area (Å²) in [5.74, 6) is -0.546. The molecule has 2 fully saturated rings. The number of aryl methyl sites for hydroxylation is 1. The molecule has 238 valence electrons. The van der Waals surface area contributed by atoms with Crippen LogP contribution in [0.3, 0.4) is 0 Å². The Labute approximate surface area is 270 Å². The molecule has 6 rings (SSSR count). The third kappa shape index (κ3) is 6.57. The standard InChI is InChI=1S/C30H33Cl2FN8O3S/c1-17-4-10-22(11-5-17)45(43,44)40-12-2-3-20(16-40)36-29-35-15-25-28(39-29)41(21-8-6-18(7-9-21)27(34)42)30(37-25)38-26-23(32)13-19(31)14-24(26)33/h4-5,10-11,13-15,18,20-21H,2-3,6-9,12,16H2,1H3,(H2,34,42)(H,37,38)(H,35,36,39)/t18-,20-,21-/m1/s1. The Morgan fingerprint density at radius 1 is 1.07 bits per heavy atom. The second kappa shape index (κ2) is 12.7. The number of nitrogens with two attached hydrogens (primary N) is 1. The maximum absolute atomic E-state index is 14.9. The number of halogens is 3. The highest BCUT2D eigenvalue weighted by atomic mass is 35.5. The van der Waals surface area contributed by atoms with Crippen LogP contribution in [-0.2, 0) is 14.8 Å². The van der Waals surface area contributed by atoms with Crippen molar-refractivity contribution >= 4 is 67.9 Å². The van der Waals surface area contributed by atoms with Gasteiger partial charge < -0.3 is 16.4 Å². The van der Waals surface area contributed by atoms with E-state index in [4.69, 9.17) is 33.9 Å². The summed E-state index contributed by atoms with van der Waals surface area (Å²) >= 11 is 12.3. The summed E-state index contributed by atoms with van der Waals surface area (Å²) in [5.41, 5.74) is 7.56. The number of fused-ring (bicyclic) bond motifs is 1. The zero-order valence-electron chi connectivity index (χ0n) is 24.5. The topological polar surface area (TPSA) is 148 Å². The molecule has 4 aromatic rings. The van der Waals surface area contributed by atoms with Crippen molar-refractivity contribution in [3.8, 4) is 0 Å². The van der Waals surface area contributed by atoms with Gasteiger partial charge in [0.2, 0.25) is 27.8 Å². The van der Waals surface area contributed by atoms with Gasteiger partial charge in [-0.05, 0) is 69.7 Å². The molecule has 2 aromatic heterocycles. The van der Waals surface area contributed by atoms with E-state index in [1.54, 1.807) is 30.5 Å². The summed E-state index contributed by atoms with van der Waals surface area (Å²) < 4.78 is 45.0. The Morgan fingerprint density at radius 2 is 1.80 bits per heavy atom. The van der Waals surface area contributed by atoms with Gasteiger partial charge in [-0.2, -0.15) is 9.29 Å². The monoisotopic (exact) mass is 674 g/mol. The maximum Gasteiger partial charge on any atom is 0.243 e. The van der Waals surface area contributed by atoms with Crippen LogP contribution in [0.2, 0.25) is 10.0 Å². The van der Waals surface area contributed by atoms with Crippen LogP contribution in [0.15, 0.2) is 47.5 Å². The molecule has 1 saturated heterocycles. The average Bonchev–Trinajstić information content (AvgIpc) is 3.36. The summed E-state index contributed by atoms with van der Waals surface area (Å²) in [6.45, 7) is 2.60. The lowest BCUT2D eigenvalue weighted by Gasteiger charge is -2.32. The van der Waals surface area contributed by atoms with Crippen molar-refractivity contribution in [3.63, 3.8) is 0 Å². The molecule has 0 unspecified atom stereocenters. The number of nitrogens with zero attached hydrogens (tertiary/aromatic N) is 5. The Morgan fingerprint density at radius 3 is 2.49 bits per heavy atom. The first-order valence-electron chi connectivity index (χ1n) is 14.8. The van der Waals surface area contributed by atoms with Gasteiger partial charge in [0.15, 0.2) is 5.65 Å². The number of amides is 1. The first-order valence-corrected chi connectivity index (χ1v) is 17.0. The van der Waals surface area contributed by atoms with Crippen molar-refractivity contribution in [1.29, 1.82) is 0 Å². The molecule has 3 heterocycles. The van der Waals surface area contributed by atoms with E-state index < -0.39 is 15.8 Å². The number of benzene rings is 2. The first kappa shape index (κ1) is 31.5. The number of sulfonamides is 1. The molecular formula is C30H33Cl2FN8O3S. The second-order valence-electron chi connectivity index (χ2n) is 11.6. The number of hydrogen-bond acceptors (Lipinski definition) is 8. The molecule has 2 aliphatic rings. The summed E-state index contributed by atoms with van der Waals surface area (Å²) in [6.07, 6.45) is 5.44. The van der Waals surface area contributed by atoms with Gasteiger partial charge in [0.1, 0.15) is 11.3 Å². The van der Waals surface area contributed by atoms with Crippen molar-refractivity contribution in [2.45, 2.75) is 62.4 Å². The highest BCUT2D eigenvalue weighted by Gasteiger charge is 2.32. The van der Waals surface area contributed by atoms with Crippen molar-refractivity contribution in [1.82, 2.24) is 23.8 Å². The van der Waals surface area contributed by atoms with Gasteiger partial charge in [0.25, 0.3) is 0 Å². The minimum atomic E-state index is -3.66. The predicted octanol–water partition coefficient (Wildman–Crippen LogP) is 5.81. The lowest BCUT2D eigenvalue weighted by atomic mass is 9.85. The van der Waals surface area contributed by atoms with E-state index in [0.717, 1.165) is 18.1 Å². The van der Waals surface area contributed by atoms with Crippen LogP contribution in [0.1, 0.15) is 50.1 Å². The van der Waals surface area contributed by atoms with Gasteiger partial charge in [0.05, 0.1) is 21.8 Å². The third-order valence-corrected chi connectivity index (χ3v) is 10.9. The molecule has 1 atom stereocenters. The summed E-state index contributed by atoms with van der Waals surface area (Å²) in [7, 11) is -3.66. The van der Waals surface area contributed by atoms with Crippen LogP contribution in [0.4, 0.5) is 22.0 Å². The number of anilines is 3. The van der Waals surface area contributed by atoms with Crippen LogP contribution in [-0.4, -0.2) is 57.3 Å². The van der Waals surface area contributed by atoms with Crippen LogP contribution >= 0.6 is 23.2 Å². The number of carbonyl (C=O) groups excluding carboxylic acids is 1. The molecule has 0 spiro atoms. The van der Waals surface area contributed by atoms with Gasteiger partial charge in [-0.25, -0.2) is 22.8 Å². The molecule has 1 amide bonds. The SMILES string of the molecule is Cc1ccc(S(=O)(=O)N2CCC[C@@H](Nc3ncc4nc(Nc5c(F)cc(Cl)cc5Cl)n([C@H]5CC[C@H](C(N)=O)CC5)c4n3)C2)cc1. The molecule has 45 heavy (non-hydrogen) atoms. The third-order valence-electron chi connectivity index (χ3n) is 8.52. The number of aromatic nitrogens is 4. The lowest BCUT2D eigenvalue weighted by Crippen LogP contribution is -2.45. The van der Waals surface area contributed by atoms with Gasteiger partial charge >= 0.3 is 0 Å². The Kier molecular flexibility index (Phi) is 8.88. The Bertz CT molecular complexity index is 1820. The van der Waals surface area contributed by atoms with Crippen molar-refractivity contribution in [2.24, 2.45) is 11.7 Å². The highest BCUT2D eigenvalue weighted by Crippen LogP contribution is 2.38. The Hall–Kier alpha value is -3.52. The Balaban J connectivity index is 1.30. The van der Waals surface area contributed by atoms with E-state index in [-0.39, 0.29) is 51.1 Å². The number of carbonyl (C=O) groups is 1. The van der Waals surface area contributed by atoms with Crippen LogP contribution < -0.4 is 16.4 Å². The zero-order valence-corrected chi connectivity index (χ0v) is 26.8. The van der Waals surface area contributed by atoms with Gasteiger partial charge in [-0.3, -0.25) is 9.36 Å². The average molecular weight is 676 g/mol. The second-order valence-corrected chi connectivity index (χ2v) is 14.4. The van der Waals surface area contributed by atoms with E-state index in [9.17, 15) is 17.6 Å². The summed E-state index contributed by atoms with van der Waals surface area (Å²) in [5, 5.41) is 6.61. The number of nitrogens with one attached hydrogen (secondary N) is 2. The predicted molar refractivity (Wildman–Crippen MR) is 172 cm³/mol. The van der Waals surface area contributed by atoms with Crippen LogP contribution in [0, 0.1) is 18.7 Å². The molecular weight excluding hydrogens is 642 g/mol. The van der Waals surface area contributed by atoms with E-state index in [1.165, 1.54) is 10.4 Å². The van der Waals surface area contributed by atoms with Crippen molar-refractivity contribution < 1.29 is 17.6 Å². The van der Waals surface area contributed by atoms with E-state index in [2.05, 4.69) is 20.6 Å². The molecule has 15 heteroatoms. The van der Waals surface area contributed by atoms with Crippen molar-refractivity contribution in [3.05, 3.63) is 64.0 Å². The molecule has 0 radical (unpaired) electrons. The number of rotatable bonds is 8. The largest absolute Gasteiger partial charge is 0.369 e. The quantitative estimate of drug-likeness (QED) is 0.212. The van der Waals surface area contributed by atoms with E-state index in [1.807, 2.05) is 11.5 Å². The molecule has 0 bridgehead atoms. The zero-order chi connectivity index (χ0) is 31.9. The molecule has 11 nitrogen and oxygen atoms in total. The number of primary amides is 1. The van der Waals surface area contributed by atoms with Crippen molar-refractivity contribution in [2.75, 3.05) is 23.7 Å².